The highest BCUT2D eigenvalue weighted by Gasteiger charge is 2.12. The maximum Gasteiger partial charge on any atom is 0.325 e. The monoisotopic (exact) mass is 429 g/mol. The average Bonchev–Trinajstić information content (AvgIpc) is 3.46. The van der Waals surface area contributed by atoms with Gasteiger partial charge >= 0.3 is 6.03 Å². The Morgan fingerprint density at radius 2 is 1.87 bits per heavy atom. The van der Waals surface area contributed by atoms with Crippen molar-refractivity contribution in [3.8, 4) is 23.0 Å². The minimum Gasteiger partial charge on any atom is -0.438 e. The molecule has 0 atom stereocenters. The molecule has 0 aliphatic carbocycles. The van der Waals surface area contributed by atoms with Gasteiger partial charge in [0.15, 0.2) is 5.13 Å². The van der Waals surface area contributed by atoms with Crippen molar-refractivity contribution in [2.45, 2.75) is 0 Å². The molecular formula is C21H15N7O2S. The van der Waals surface area contributed by atoms with Crippen molar-refractivity contribution in [3.63, 3.8) is 0 Å². The summed E-state index contributed by atoms with van der Waals surface area (Å²) in [5, 5.41) is 8.47. The summed E-state index contributed by atoms with van der Waals surface area (Å²) in [5.41, 5.74) is 2.90. The van der Waals surface area contributed by atoms with Crippen LogP contribution in [-0.4, -0.2) is 31.0 Å². The van der Waals surface area contributed by atoms with Gasteiger partial charge in [-0.3, -0.25) is 10.3 Å². The normalized spacial score (nSPS) is 10.7. The Hall–Kier alpha value is -4.31. The van der Waals surface area contributed by atoms with Gasteiger partial charge in [0.05, 0.1) is 16.8 Å². The predicted octanol–water partition coefficient (Wildman–Crippen LogP) is 4.91. The van der Waals surface area contributed by atoms with Gasteiger partial charge in [-0.05, 0) is 42.5 Å². The van der Waals surface area contributed by atoms with Crippen LogP contribution in [0.5, 0.6) is 11.6 Å². The molecule has 31 heavy (non-hydrogen) atoms. The van der Waals surface area contributed by atoms with Gasteiger partial charge in [0, 0.05) is 23.5 Å². The average molecular weight is 429 g/mol. The molecule has 0 fully saturated rings. The van der Waals surface area contributed by atoms with E-state index in [0.29, 0.717) is 28.1 Å². The van der Waals surface area contributed by atoms with Crippen LogP contribution in [-0.2, 0) is 0 Å². The van der Waals surface area contributed by atoms with Gasteiger partial charge in [-0.15, -0.1) is 11.3 Å². The van der Waals surface area contributed by atoms with Crippen molar-refractivity contribution in [1.82, 2.24) is 24.9 Å². The number of nitrogens with one attached hydrogen (secondary N) is 3. The topological polar surface area (TPSA) is 118 Å². The number of hydrogen-bond donors (Lipinski definition) is 3. The Labute approximate surface area is 180 Å². The van der Waals surface area contributed by atoms with Gasteiger partial charge in [-0.2, -0.15) is 0 Å². The first-order valence-electron chi connectivity index (χ1n) is 9.25. The number of hydrogen-bond acceptors (Lipinski definition) is 7. The van der Waals surface area contributed by atoms with Gasteiger partial charge < -0.3 is 15.0 Å². The summed E-state index contributed by atoms with van der Waals surface area (Å²) in [6, 6.07) is 14.2. The third kappa shape index (κ3) is 4.19. The second kappa shape index (κ2) is 8.20. The molecule has 152 valence electrons. The molecule has 1 aromatic carbocycles. The van der Waals surface area contributed by atoms with Crippen molar-refractivity contribution in [2.24, 2.45) is 0 Å². The number of anilines is 2. The molecule has 9 nitrogen and oxygen atoms in total. The largest absolute Gasteiger partial charge is 0.438 e. The van der Waals surface area contributed by atoms with Crippen LogP contribution >= 0.6 is 11.3 Å². The molecule has 2 amide bonds. The lowest BCUT2D eigenvalue weighted by atomic mass is 10.2. The quantitative estimate of drug-likeness (QED) is 0.365. The molecular weight excluding hydrogens is 414 g/mol. The minimum atomic E-state index is -0.365. The number of ether oxygens (including phenoxy) is 1. The highest BCUT2D eigenvalue weighted by Crippen LogP contribution is 2.30. The molecule has 0 aliphatic rings. The third-order valence-electron chi connectivity index (χ3n) is 4.31. The van der Waals surface area contributed by atoms with Crippen LogP contribution in [0, 0.1) is 0 Å². The van der Waals surface area contributed by atoms with E-state index in [-0.39, 0.29) is 6.03 Å². The highest BCUT2D eigenvalue weighted by molar-refractivity contribution is 7.13. The molecule has 0 bridgehead atoms. The molecule has 0 saturated carbocycles. The van der Waals surface area contributed by atoms with Crippen LogP contribution < -0.4 is 15.4 Å². The van der Waals surface area contributed by atoms with E-state index in [1.165, 1.54) is 17.7 Å². The number of nitrogens with zero attached hydrogens (tertiary/aromatic N) is 4. The number of H-pyrrole nitrogens is 1. The Balaban J connectivity index is 1.31. The number of amides is 2. The van der Waals surface area contributed by atoms with Crippen molar-refractivity contribution >= 4 is 39.2 Å². The zero-order chi connectivity index (χ0) is 21.0. The number of carbonyl (C=O) groups is 1. The second-order valence-electron chi connectivity index (χ2n) is 6.38. The van der Waals surface area contributed by atoms with E-state index < -0.39 is 0 Å². The molecule has 0 radical (unpaired) electrons. The first-order chi connectivity index (χ1) is 15.2. The lowest BCUT2D eigenvalue weighted by Crippen LogP contribution is -2.19. The fourth-order valence-electron chi connectivity index (χ4n) is 2.92. The van der Waals surface area contributed by atoms with E-state index in [4.69, 9.17) is 4.74 Å². The fourth-order valence-corrected chi connectivity index (χ4v) is 3.45. The molecule has 3 N–H and O–H groups in total. The maximum absolute atomic E-state index is 12.0. The second-order valence-corrected chi connectivity index (χ2v) is 7.28. The number of fused-ring (bicyclic) bond motifs is 1. The number of aromatic amines is 1. The molecule has 0 spiro atoms. The summed E-state index contributed by atoms with van der Waals surface area (Å²) in [4.78, 5) is 32.1. The number of pyridine rings is 1. The number of aromatic nitrogens is 5. The summed E-state index contributed by atoms with van der Waals surface area (Å²) in [5.74, 6) is 0.997. The summed E-state index contributed by atoms with van der Waals surface area (Å²) in [7, 11) is 0. The smallest absolute Gasteiger partial charge is 0.325 e. The van der Waals surface area contributed by atoms with Crippen molar-refractivity contribution in [3.05, 3.63) is 72.6 Å². The van der Waals surface area contributed by atoms with Gasteiger partial charge in [0.25, 0.3) is 0 Å². The number of urea groups is 1. The maximum atomic E-state index is 12.0. The molecule has 5 rings (SSSR count). The highest BCUT2D eigenvalue weighted by atomic mass is 32.1. The standard InChI is InChI=1S/C21H15N7O2S/c29-20(28-21-23-9-10-31-21)26-13-4-6-14(7-5-13)30-19-15-11-17(16-3-1-2-8-22-16)27-18(15)24-12-25-19/h1-12H,(H,24,25,27)(H2,23,26,28,29). The lowest BCUT2D eigenvalue weighted by molar-refractivity contribution is 0.262. The molecule has 4 aromatic heterocycles. The first-order valence-corrected chi connectivity index (χ1v) is 10.1. The summed E-state index contributed by atoms with van der Waals surface area (Å²) < 4.78 is 5.96. The lowest BCUT2D eigenvalue weighted by Gasteiger charge is -2.08. The summed E-state index contributed by atoms with van der Waals surface area (Å²) in [6.45, 7) is 0. The summed E-state index contributed by atoms with van der Waals surface area (Å²) in [6.07, 6.45) is 4.80. The van der Waals surface area contributed by atoms with Gasteiger partial charge in [0.2, 0.25) is 5.88 Å². The van der Waals surface area contributed by atoms with Crippen molar-refractivity contribution in [2.75, 3.05) is 10.6 Å². The molecule has 5 aromatic rings. The van der Waals surface area contributed by atoms with Crippen LogP contribution in [0.25, 0.3) is 22.4 Å². The number of carbonyl (C=O) groups excluding carboxylic acids is 1. The Bertz CT molecular complexity index is 1320. The zero-order valence-electron chi connectivity index (χ0n) is 15.9. The summed E-state index contributed by atoms with van der Waals surface area (Å²) >= 11 is 1.35. The molecule has 4 heterocycles. The Kier molecular flexibility index (Phi) is 4.95. The number of benzene rings is 1. The van der Waals surface area contributed by atoms with Gasteiger partial charge in [-0.1, -0.05) is 6.07 Å². The van der Waals surface area contributed by atoms with Crippen molar-refractivity contribution < 1.29 is 9.53 Å². The first kappa shape index (κ1) is 18.7. The third-order valence-corrected chi connectivity index (χ3v) is 5.00. The van der Waals surface area contributed by atoms with Crippen LogP contribution in [0.1, 0.15) is 0 Å². The van der Waals surface area contributed by atoms with Gasteiger partial charge in [0.1, 0.15) is 17.7 Å². The minimum absolute atomic E-state index is 0.365. The van der Waals surface area contributed by atoms with Gasteiger partial charge in [-0.25, -0.2) is 19.7 Å². The molecule has 0 saturated heterocycles. The fraction of sp³-hybridized carbons (Fsp3) is 0. The van der Waals surface area contributed by atoms with E-state index in [0.717, 1.165) is 16.8 Å². The Morgan fingerprint density at radius 1 is 0.968 bits per heavy atom. The van der Waals surface area contributed by atoms with E-state index in [2.05, 4.69) is 35.6 Å². The van der Waals surface area contributed by atoms with Crippen LogP contribution in [0.3, 0.4) is 0 Å². The van der Waals surface area contributed by atoms with E-state index in [1.807, 2.05) is 24.3 Å². The molecule has 0 aliphatic heterocycles. The van der Waals surface area contributed by atoms with Crippen LogP contribution in [0.4, 0.5) is 15.6 Å². The molecule has 0 unspecified atom stereocenters. The van der Waals surface area contributed by atoms with Crippen molar-refractivity contribution in [1.29, 1.82) is 0 Å². The van der Waals surface area contributed by atoms with E-state index in [1.54, 1.807) is 42.0 Å². The van der Waals surface area contributed by atoms with E-state index >= 15 is 0 Å². The zero-order valence-corrected chi connectivity index (χ0v) is 16.8. The predicted molar refractivity (Wildman–Crippen MR) is 118 cm³/mol. The SMILES string of the molecule is O=C(Nc1ccc(Oc2ncnc3[nH]c(-c4ccccn4)cc23)cc1)Nc1nccs1. The van der Waals surface area contributed by atoms with E-state index in [9.17, 15) is 4.79 Å². The number of rotatable bonds is 5. The molecule has 10 heteroatoms. The number of thiazole rings is 1. The van der Waals surface area contributed by atoms with Crippen LogP contribution in [0.2, 0.25) is 0 Å². The van der Waals surface area contributed by atoms with Crippen LogP contribution in [0.15, 0.2) is 72.6 Å². The Morgan fingerprint density at radius 3 is 2.65 bits per heavy atom.